The van der Waals surface area contributed by atoms with Crippen LogP contribution in [-0.4, -0.2) is 64.3 Å². The summed E-state index contributed by atoms with van der Waals surface area (Å²) in [5.41, 5.74) is 0.932. The molecule has 0 bridgehead atoms. The monoisotopic (exact) mass is 379 g/mol. The Balaban J connectivity index is 2.21. The average Bonchev–Trinajstić information content (AvgIpc) is 2.64. The molecule has 27 heavy (non-hydrogen) atoms. The fraction of sp³-hybridized carbons (Fsp3) is 0.579. The molecule has 0 heterocycles. The summed E-state index contributed by atoms with van der Waals surface area (Å²) in [4.78, 5) is 28.2. The van der Waals surface area contributed by atoms with Crippen LogP contribution in [0.5, 0.6) is 0 Å². The molecule has 0 aliphatic carbocycles. The normalized spacial score (nSPS) is 11.3. The molecule has 1 N–H and O–H groups in total. The summed E-state index contributed by atoms with van der Waals surface area (Å²) in [6.07, 6.45) is 2.64. The van der Waals surface area contributed by atoms with Crippen molar-refractivity contribution in [2.75, 3.05) is 52.8 Å². The first kappa shape index (κ1) is 20.6. The molecule has 148 valence electrons. The van der Waals surface area contributed by atoms with Crippen LogP contribution in [0, 0.1) is 5.39 Å². The van der Waals surface area contributed by atoms with E-state index in [1.54, 1.807) is 24.3 Å². The number of rotatable bonds is 10. The second-order valence-corrected chi connectivity index (χ2v) is 7.32. The van der Waals surface area contributed by atoms with Crippen LogP contribution in [0.25, 0.3) is 4.98 Å². The van der Waals surface area contributed by atoms with Gasteiger partial charge in [-0.25, -0.2) is 4.79 Å². The molecule has 1 aromatic rings. The SMILES string of the molecule is [3H]CN(C(=O)NCCCCCC(=O)OCC[N+](C)(C)C)c1ccc([N+]#N)cc1. The van der Waals surface area contributed by atoms with Gasteiger partial charge in [0, 0.05) is 39.2 Å². The molecule has 8 heteroatoms. The predicted octanol–water partition coefficient (Wildman–Crippen LogP) is 3.13. The van der Waals surface area contributed by atoms with Crippen LogP contribution in [0.2, 0.25) is 0 Å². The van der Waals surface area contributed by atoms with E-state index in [9.17, 15) is 9.59 Å². The molecule has 0 aliphatic rings. The maximum atomic E-state index is 12.2. The minimum absolute atomic E-state index is 0.184. The molecule has 1 aromatic carbocycles. The zero-order valence-electron chi connectivity index (χ0n) is 17.5. The Bertz CT molecular complexity index is 668. The number of carbonyl (C=O) groups excluding carboxylic acids is 2. The first-order valence-electron chi connectivity index (χ1n) is 9.73. The summed E-state index contributed by atoms with van der Waals surface area (Å²) in [6, 6.07) is 6.00. The van der Waals surface area contributed by atoms with Gasteiger partial charge in [0.05, 0.1) is 21.1 Å². The summed E-state index contributed by atoms with van der Waals surface area (Å²) >= 11 is 0. The molecule has 0 fully saturated rings. The van der Waals surface area contributed by atoms with Crippen LogP contribution in [-0.2, 0) is 9.53 Å². The summed E-state index contributed by atoms with van der Waals surface area (Å²) in [7, 11) is 5.92. The Hall–Kier alpha value is -2.66. The number of amides is 2. The number of unbranched alkanes of at least 4 members (excludes halogenated alkanes) is 2. The minimum atomic E-state index is -0.358. The Morgan fingerprint density at radius 1 is 1.22 bits per heavy atom. The lowest BCUT2D eigenvalue weighted by Crippen LogP contribution is -2.38. The highest BCUT2D eigenvalue weighted by Crippen LogP contribution is 2.18. The van der Waals surface area contributed by atoms with Gasteiger partial charge < -0.3 is 14.5 Å². The third kappa shape index (κ3) is 9.56. The number of anilines is 1. The molecule has 0 atom stereocenters. The molecule has 1 rings (SSSR count). The van der Waals surface area contributed by atoms with Crippen molar-refractivity contribution in [2.45, 2.75) is 25.7 Å². The van der Waals surface area contributed by atoms with E-state index >= 15 is 0 Å². The van der Waals surface area contributed by atoms with Crippen LogP contribution in [0.15, 0.2) is 24.3 Å². The van der Waals surface area contributed by atoms with Crippen molar-refractivity contribution in [1.82, 2.24) is 5.32 Å². The first-order chi connectivity index (χ1) is 13.3. The van der Waals surface area contributed by atoms with E-state index in [1.807, 2.05) is 21.1 Å². The third-order valence-corrected chi connectivity index (χ3v) is 3.88. The maximum absolute atomic E-state index is 12.2. The molecule has 0 saturated heterocycles. The van der Waals surface area contributed by atoms with Gasteiger partial charge in [-0.2, -0.15) is 0 Å². The fourth-order valence-electron chi connectivity index (χ4n) is 2.18. The number of hydrogen-bond acceptors (Lipinski definition) is 4. The van der Waals surface area contributed by atoms with Gasteiger partial charge in [-0.1, -0.05) is 6.42 Å². The zero-order chi connectivity index (χ0) is 21.0. The van der Waals surface area contributed by atoms with Crippen LogP contribution in [0.3, 0.4) is 0 Å². The second-order valence-electron chi connectivity index (χ2n) is 7.32. The van der Waals surface area contributed by atoms with Crippen molar-refractivity contribution in [1.29, 1.82) is 5.39 Å². The van der Waals surface area contributed by atoms with Crippen LogP contribution in [0.1, 0.15) is 27.1 Å². The lowest BCUT2D eigenvalue weighted by Gasteiger charge is -2.23. The van der Waals surface area contributed by atoms with Crippen LogP contribution >= 0.6 is 0 Å². The van der Waals surface area contributed by atoms with Gasteiger partial charge in [-0.15, -0.1) is 0 Å². The molecule has 0 saturated carbocycles. The molecule has 0 radical (unpaired) electrons. The Labute approximate surface area is 162 Å². The maximum Gasteiger partial charge on any atom is 0.385 e. The van der Waals surface area contributed by atoms with Gasteiger partial charge >= 0.3 is 17.7 Å². The van der Waals surface area contributed by atoms with Crippen molar-refractivity contribution in [3.05, 3.63) is 29.2 Å². The Morgan fingerprint density at radius 3 is 2.52 bits per heavy atom. The van der Waals surface area contributed by atoms with Gasteiger partial charge in [0.15, 0.2) is 4.98 Å². The molecular weight excluding hydrogens is 346 g/mol. The van der Waals surface area contributed by atoms with E-state index in [0.717, 1.165) is 23.9 Å². The van der Waals surface area contributed by atoms with Crippen molar-refractivity contribution in [3.8, 4) is 0 Å². The van der Waals surface area contributed by atoms with E-state index in [4.69, 9.17) is 11.5 Å². The number of esters is 1. The molecule has 0 aliphatic heterocycles. The topological polar surface area (TPSA) is 86.8 Å². The van der Waals surface area contributed by atoms with Crippen molar-refractivity contribution < 1.29 is 20.2 Å². The van der Waals surface area contributed by atoms with Crippen LogP contribution < -0.4 is 10.2 Å². The molecule has 0 spiro atoms. The number of hydrogen-bond donors (Lipinski definition) is 1. The number of nitrogens with one attached hydrogen (secondary N) is 1. The summed E-state index contributed by atoms with van der Waals surface area (Å²) in [5, 5.41) is 11.5. The van der Waals surface area contributed by atoms with Gasteiger partial charge in [-0.3, -0.25) is 9.69 Å². The largest absolute Gasteiger partial charge is 0.460 e. The Kier molecular flexibility index (Phi) is 8.52. The predicted molar refractivity (Wildman–Crippen MR) is 105 cm³/mol. The number of urea groups is 1. The standard InChI is InChI=1S/C19H30N5O3/c1-23(17-11-9-16(22-20)10-12-17)19(26)21-13-7-5-6-8-18(25)27-15-14-24(2,3)4/h9-12H,5-8,13-15H2,1-4H3/q+1/p+1/i1T. The van der Waals surface area contributed by atoms with Crippen molar-refractivity contribution in [3.63, 3.8) is 0 Å². The fourth-order valence-corrected chi connectivity index (χ4v) is 2.18. The summed E-state index contributed by atoms with van der Waals surface area (Å²) in [6.45, 7) is 1.67. The van der Waals surface area contributed by atoms with Gasteiger partial charge in [0.2, 0.25) is 5.39 Å². The highest BCUT2D eigenvalue weighted by molar-refractivity contribution is 5.91. The van der Waals surface area contributed by atoms with E-state index < -0.39 is 0 Å². The summed E-state index contributed by atoms with van der Waals surface area (Å²) < 4.78 is 13.5. The van der Waals surface area contributed by atoms with E-state index in [2.05, 4.69) is 10.3 Å². The zero-order valence-corrected chi connectivity index (χ0v) is 16.5. The van der Waals surface area contributed by atoms with Crippen LogP contribution in [0.4, 0.5) is 16.2 Å². The molecule has 8 nitrogen and oxygen atoms in total. The number of ether oxygens (including phenoxy) is 1. The van der Waals surface area contributed by atoms with Crippen molar-refractivity contribution >= 4 is 23.4 Å². The van der Waals surface area contributed by atoms with Gasteiger partial charge in [0.25, 0.3) is 0 Å². The quantitative estimate of drug-likeness (QED) is 0.293. The minimum Gasteiger partial charge on any atom is -0.460 e. The number of quaternary nitrogens is 1. The highest BCUT2D eigenvalue weighted by atomic mass is 16.5. The van der Waals surface area contributed by atoms with E-state index in [-0.39, 0.29) is 19.0 Å². The lowest BCUT2D eigenvalue weighted by atomic mass is 10.2. The number of carbonyl (C=O) groups is 2. The molecule has 0 aromatic heterocycles. The van der Waals surface area contributed by atoms with Gasteiger partial charge in [-0.05, 0) is 25.0 Å². The summed E-state index contributed by atoms with van der Waals surface area (Å²) in [5.74, 6) is -0.184. The van der Waals surface area contributed by atoms with E-state index in [1.165, 1.54) is 4.90 Å². The van der Waals surface area contributed by atoms with E-state index in [0.29, 0.717) is 37.4 Å². The smallest absolute Gasteiger partial charge is 0.385 e. The first-order valence-corrected chi connectivity index (χ1v) is 9.02. The number of likely N-dealkylation sites (N-methyl/N-ethyl adjacent to an activating group) is 1. The highest BCUT2D eigenvalue weighted by Gasteiger charge is 2.12. The third-order valence-electron chi connectivity index (χ3n) is 3.88. The van der Waals surface area contributed by atoms with Gasteiger partial charge in [0.1, 0.15) is 13.2 Å². The Morgan fingerprint density at radius 2 is 1.93 bits per heavy atom. The molecule has 2 amide bonds. The molecule has 0 unspecified atom stereocenters. The number of nitrogens with zero attached hydrogens (tertiary/aromatic N) is 4. The lowest BCUT2D eigenvalue weighted by molar-refractivity contribution is -0.870. The van der Waals surface area contributed by atoms with Crippen molar-refractivity contribution in [2.24, 2.45) is 0 Å². The number of diazo groups is 1. The number of benzene rings is 1. The second kappa shape index (κ2) is 11.1. The molecular formula is C19H31N5O3+2. The average molecular weight is 379 g/mol.